The molecule has 0 aliphatic carbocycles. The average Bonchev–Trinajstić information content (AvgIpc) is 2.42. The molecule has 0 aliphatic rings. The average molecular weight is 259 g/mol. The third-order valence-electron chi connectivity index (χ3n) is 2.74. The van der Waals surface area contributed by atoms with E-state index in [-0.39, 0.29) is 23.2 Å². The predicted molar refractivity (Wildman–Crippen MR) is 70.9 cm³/mol. The normalized spacial score (nSPS) is 11.9. The van der Waals surface area contributed by atoms with Gasteiger partial charge >= 0.3 is 0 Å². The van der Waals surface area contributed by atoms with Gasteiger partial charge in [-0.25, -0.2) is 4.39 Å². The Morgan fingerprint density at radius 1 is 1.37 bits per heavy atom. The summed E-state index contributed by atoms with van der Waals surface area (Å²) < 4.78 is 13.3. The SMILES string of the molecule is C[C@H](NC(=O)c1ccc(N)c(F)c1)c1ccccn1. The van der Waals surface area contributed by atoms with Crippen LogP contribution in [0, 0.1) is 5.82 Å². The quantitative estimate of drug-likeness (QED) is 0.831. The topological polar surface area (TPSA) is 68.0 Å². The van der Waals surface area contributed by atoms with E-state index in [0.29, 0.717) is 0 Å². The number of anilines is 1. The highest BCUT2D eigenvalue weighted by atomic mass is 19.1. The standard InChI is InChI=1S/C14H14FN3O/c1-9(13-4-2-3-7-17-13)18-14(19)10-5-6-12(16)11(15)8-10/h2-9H,16H2,1H3,(H,18,19)/t9-/m0/s1. The number of hydrogen-bond donors (Lipinski definition) is 2. The molecule has 1 amide bonds. The Morgan fingerprint density at radius 3 is 2.79 bits per heavy atom. The van der Waals surface area contributed by atoms with Gasteiger partial charge in [0.15, 0.2) is 0 Å². The molecule has 19 heavy (non-hydrogen) atoms. The summed E-state index contributed by atoms with van der Waals surface area (Å²) in [5, 5.41) is 2.75. The van der Waals surface area contributed by atoms with Crippen LogP contribution in [0.4, 0.5) is 10.1 Å². The molecule has 0 fully saturated rings. The highest BCUT2D eigenvalue weighted by molar-refractivity contribution is 5.94. The summed E-state index contributed by atoms with van der Waals surface area (Å²) in [6.07, 6.45) is 1.65. The van der Waals surface area contributed by atoms with Gasteiger partial charge in [0.1, 0.15) is 5.82 Å². The number of nitrogen functional groups attached to an aromatic ring is 1. The summed E-state index contributed by atoms with van der Waals surface area (Å²) >= 11 is 0. The van der Waals surface area contributed by atoms with Crippen LogP contribution in [0.15, 0.2) is 42.6 Å². The lowest BCUT2D eigenvalue weighted by atomic mass is 10.1. The van der Waals surface area contributed by atoms with Crippen LogP contribution >= 0.6 is 0 Å². The van der Waals surface area contributed by atoms with Crippen molar-refractivity contribution in [2.45, 2.75) is 13.0 Å². The fourth-order valence-corrected chi connectivity index (χ4v) is 1.65. The van der Waals surface area contributed by atoms with Gasteiger partial charge in [-0.1, -0.05) is 6.07 Å². The molecule has 4 nitrogen and oxygen atoms in total. The van der Waals surface area contributed by atoms with Crippen molar-refractivity contribution < 1.29 is 9.18 Å². The van der Waals surface area contributed by atoms with Crippen molar-refractivity contribution in [3.8, 4) is 0 Å². The molecule has 3 N–H and O–H groups in total. The Bertz CT molecular complexity index is 586. The summed E-state index contributed by atoms with van der Waals surface area (Å²) in [6, 6.07) is 9.18. The van der Waals surface area contributed by atoms with Crippen molar-refractivity contribution in [1.29, 1.82) is 0 Å². The Labute approximate surface area is 110 Å². The second-order valence-electron chi connectivity index (χ2n) is 4.19. The van der Waals surface area contributed by atoms with Crippen LogP contribution in [0.2, 0.25) is 0 Å². The summed E-state index contributed by atoms with van der Waals surface area (Å²) in [5.74, 6) is -0.963. The molecular formula is C14H14FN3O. The third kappa shape index (κ3) is 3.07. The summed E-state index contributed by atoms with van der Waals surface area (Å²) in [6.45, 7) is 1.81. The second-order valence-corrected chi connectivity index (χ2v) is 4.19. The number of carbonyl (C=O) groups is 1. The monoisotopic (exact) mass is 259 g/mol. The summed E-state index contributed by atoms with van der Waals surface area (Å²) in [5.41, 5.74) is 6.36. The zero-order valence-corrected chi connectivity index (χ0v) is 10.4. The zero-order chi connectivity index (χ0) is 13.8. The fourth-order valence-electron chi connectivity index (χ4n) is 1.65. The van der Waals surface area contributed by atoms with E-state index >= 15 is 0 Å². The lowest BCUT2D eigenvalue weighted by Gasteiger charge is -2.13. The van der Waals surface area contributed by atoms with Crippen LogP contribution < -0.4 is 11.1 Å². The van der Waals surface area contributed by atoms with Crippen molar-refractivity contribution in [2.75, 3.05) is 5.73 Å². The number of nitrogens with zero attached hydrogens (tertiary/aromatic N) is 1. The molecule has 0 spiro atoms. The van der Waals surface area contributed by atoms with Gasteiger partial charge in [-0.05, 0) is 37.3 Å². The highest BCUT2D eigenvalue weighted by Gasteiger charge is 2.13. The van der Waals surface area contributed by atoms with E-state index < -0.39 is 5.82 Å². The summed E-state index contributed by atoms with van der Waals surface area (Å²) in [7, 11) is 0. The van der Waals surface area contributed by atoms with Crippen LogP contribution in [0.5, 0.6) is 0 Å². The lowest BCUT2D eigenvalue weighted by Crippen LogP contribution is -2.27. The molecule has 0 aliphatic heterocycles. The van der Waals surface area contributed by atoms with E-state index in [1.807, 2.05) is 19.1 Å². The number of carbonyl (C=O) groups excluding carboxylic acids is 1. The number of benzene rings is 1. The van der Waals surface area contributed by atoms with Crippen LogP contribution in [0.25, 0.3) is 0 Å². The summed E-state index contributed by atoms with van der Waals surface area (Å²) in [4.78, 5) is 16.1. The Balaban J connectivity index is 2.11. The maximum atomic E-state index is 13.3. The van der Waals surface area contributed by atoms with Crippen molar-refractivity contribution >= 4 is 11.6 Å². The molecule has 0 saturated carbocycles. The smallest absolute Gasteiger partial charge is 0.251 e. The largest absolute Gasteiger partial charge is 0.396 e. The predicted octanol–water partition coefficient (Wildman–Crippen LogP) is 2.29. The van der Waals surface area contributed by atoms with E-state index in [2.05, 4.69) is 10.3 Å². The van der Waals surface area contributed by atoms with Gasteiger partial charge in [0.25, 0.3) is 5.91 Å². The number of rotatable bonds is 3. The highest BCUT2D eigenvalue weighted by Crippen LogP contribution is 2.14. The first kappa shape index (κ1) is 13.0. The molecule has 1 atom stereocenters. The van der Waals surface area contributed by atoms with Gasteiger partial charge in [0.05, 0.1) is 17.4 Å². The maximum Gasteiger partial charge on any atom is 0.251 e. The van der Waals surface area contributed by atoms with Crippen LogP contribution in [-0.2, 0) is 0 Å². The molecule has 1 heterocycles. The first-order valence-electron chi connectivity index (χ1n) is 5.84. The molecule has 1 aromatic heterocycles. The molecule has 98 valence electrons. The zero-order valence-electron chi connectivity index (χ0n) is 10.4. The molecule has 0 unspecified atom stereocenters. The Kier molecular flexibility index (Phi) is 3.75. The molecular weight excluding hydrogens is 245 g/mol. The number of amides is 1. The molecule has 0 saturated heterocycles. The van der Waals surface area contributed by atoms with Gasteiger partial charge in [-0.3, -0.25) is 9.78 Å². The van der Waals surface area contributed by atoms with Crippen LogP contribution in [-0.4, -0.2) is 10.9 Å². The second kappa shape index (κ2) is 5.48. The molecule has 5 heteroatoms. The van der Waals surface area contributed by atoms with Gasteiger partial charge in [-0.15, -0.1) is 0 Å². The van der Waals surface area contributed by atoms with Crippen molar-refractivity contribution in [2.24, 2.45) is 0 Å². The molecule has 2 aromatic rings. The minimum absolute atomic E-state index is 0.0225. The van der Waals surface area contributed by atoms with E-state index in [9.17, 15) is 9.18 Å². The number of aromatic nitrogens is 1. The molecule has 0 bridgehead atoms. The molecule has 2 rings (SSSR count). The van der Waals surface area contributed by atoms with E-state index in [0.717, 1.165) is 11.8 Å². The first-order chi connectivity index (χ1) is 9.08. The van der Waals surface area contributed by atoms with E-state index in [1.54, 1.807) is 12.3 Å². The molecule has 0 radical (unpaired) electrons. The minimum atomic E-state index is -0.599. The van der Waals surface area contributed by atoms with Gasteiger partial charge < -0.3 is 11.1 Å². The first-order valence-corrected chi connectivity index (χ1v) is 5.84. The maximum absolute atomic E-state index is 13.3. The third-order valence-corrected chi connectivity index (χ3v) is 2.74. The molecule has 1 aromatic carbocycles. The number of hydrogen-bond acceptors (Lipinski definition) is 3. The van der Waals surface area contributed by atoms with Crippen LogP contribution in [0.1, 0.15) is 29.0 Å². The Hall–Kier alpha value is -2.43. The number of pyridine rings is 1. The van der Waals surface area contributed by atoms with Crippen LogP contribution in [0.3, 0.4) is 0 Å². The Morgan fingerprint density at radius 2 is 2.16 bits per heavy atom. The van der Waals surface area contributed by atoms with Gasteiger partial charge in [0, 0.05) is 11.8 Å². The number of nitrogens with one attached hydrogen (secondary N) is 1. The van der Waals surface area contributed by atoms with Gasteiger partial charge in [-0.2, -0.15) is 0 Å². The fraction of sp³-hybridized carbons (Fsp3) is 0.143. The van der Waals surface area contributed by atoms with Gasteiger partial charge in [0.2, 0.25) is 0 Å². The lowest BCUT2D eigenvalue weighted by molar-refractivity contribution is 0.0938. The van der Waals surface area contributed by atoms with Crippen molar-refractivity contribution in [1.82, 2.24) is 10.3 Å². The van der Waals surface area contributed by atoms with Crippen molar-refractivity contribution in [3.63, 3.8) is 0 Å². The van der Waals surface area contributed by atoms with E-state index in [4.69, 9.17) is 5.73 Å². The number of nitrogens with two attached hydrogens (primary N) is 1. The van der Waals surface area contributed by atoms with E-state index in [1.165, 1.54) is 12.1 Å². The minimum Gasteiger partial charge on any atom is -0.396 e. The number of halogens is 1. The van der Waals surface area contributed by atoms with Crippen molar-refractivity contribution in [3.05, 3.63) is 59.7 Å².